The minimum Gasteiger partial charge on any atom is -0.493 e. The SMILES string of the molecule is COc1ccccc1OCC(=O)NCC(=O)c1cccc(Cl)c1. The smallest absolute Gasteiger partial charge is 0.258 e. The summed E-state index contributed by atoms with van der Waals surface area (Å²) in [4.78, 5) is 23.7. The number of halogens is 1. The van der Waals surface area contributed by atoms with Crippen LogP contribution in [0.25, 0.3) is 0 Å². The van der Waals surface area contributed by atoms with Crippen LogP contribution in [0.1, 0.15) is 10.4 Å². The van der Waals surface area contributed by atoms with Crippen molar-refractivity contribution < 1.29 is 19.1 Å². The normalized spacial score (nSPS) is 10.0. The molecule has 0 aliphatic rings. The van der Waals surface area contributed by atoms with Gasteiger partial charge in [0.15, 0.2) is 23.9 Å². The lowest BCUT2D eigenvalue weighted by Crippen LogP contribution is -2.33. The van der Waals surface area contributed by atoms with Gasteiger partial charge in [0, 0.05) is 10.6 Å². The molecule has 0 bridgehead atoms. The first-order valence-electron chi connectivity index (χ1n) is 6.91. The zero-order chi connectivity index (χ0) is 16.7. The van der Waals surface area contributed by atoms with E-state index in [0.717, 1.165) is 0 Å². The largest absolute Gasteiger partial charge is 0.493 e. The molecule has 0 aliphatic heterocycles. The van der Waals surface area contributed by atoms with E-state index in [9.17, 15) is 9.59 Å². The summed E-state index contributed by atoms with van der Waals surface area (Å²) in [6, 6.07) is 13.6. The highest BCUT2D eigenvalue weighted by atomic mass is 35.5. The van der Waals surface area contributed by atoms with Crippen molar-refractivity contribution in [3.63, 3.8) is 0 Å². The predicted octanol–water partition coefficient (Wildman–Crippen LogP) is 2.73. The highest BCUT2D eigenvalue weighted by Crippen LogP contribution is 2.25. The number of Topliss-reactive ketones (excluding diaryl/α,β-unsaturated/α-hetero) is 1. The van der Waals surface area contributed by atoms with Gasteiger partial charge in [0.05, 0.1) is 13.7 Å². The number of hydrogen-bond acceptors (Lipinski definition) is 4. The van der Waals surface area contributed by atoms with Gasteiger partial charge < -0.3 is 14.8 Å². The molecule has 0 unspecified atom stereocenters. The summed E-state index contributed by atoms with van der Waals surface area (Å²) in [7, 11) is 1.52. The Morgan fingerprint density at radius 1 is 1.09 bits per heavy atom. The molecule has 120 valence electrons. The Bertz CT molecular complexity index is 702. The van der Waals surface area contributed by atoms with Gasteiger partial charge in [0.25, 0.3) is 5.91 Å². The van der Waals surface area contributed by atoms with Gasteiger partial charge in [-0.2, -0.15) is 0 Å². The van der Waals surface area contributed by atoms with Crippen LogP contribution >= 0.6 is 11.6 Å². The Morgan fingerprint density at radius 3 is 2.52 bits per heavy atom. The number of ether oxygens (including phenoxy) is 2. The fourth-order valence-electron chi connectivity index (χ4n) is 1.88. The van der Waals surface area contributed by atoms with Crippen molar-refractivity contribution in [2.75, 3.05) is 20.3 Å². The number of rotatable bonds is 7. The van der Waals surface area contributed by atoms with Crippen LogP contribution in [-0.4, -0.2) is 32.0 Å². The molecular formula is C17H16ClNO4. The third kappa shape index (κ3) is 5.00. The summed E-state index contributed by atoms with van der Waals surface area (Å²) in [6.45, 7) is -0.322. The van der Waals surface area contributed by atoms with Gasteiger partial charge in [0.1, 0.15) is 0 Å². The highest BCUT2D eigenvalue weighted by Gasteiger charge is 2.10. The first kappa shape index (κ1) is 16.8. The zero-order valence-corrected chi connectivity index (χ0v) is 13.3. The van der Waals surface area contributed by atoms with E-state index < -0.39 is 5.91 Å². The first-order valence-corrected chi connectivity index (χ1v) is 7.29. The van der Waals surface area contributed by atoms with Crippen LogP contribution in [0.4, 0.5) is 0 Å². The molecule has 2 aromatic rings. The minimum absolute atomic E-state index is 0.117. The number of nitrogens with one attached hydrogen (secondary N) is 1. The molecule has 23 heavy (non-hydrogen) atoms. The van der Waals surface area contributed by atoms with E-state index in [2.05, 4.69) is 5.32 Å². The van der Waals surface area contributed by atoms with Crippen LogP contribution in [0.2, 0.25) is 5.02 Å². The fourth-order valence-corrected chi connectivity index (χ4v) is 2.07. The molecule has 6 heteroatoms. The maximum atomic E-state index is 11.9. The van der Waals surface area contributed by atoms with Crippen LogP contribution in [-0.2, 0) is 4.79 Å². The molecule has 2 aromatic carbocycles. The van der Waals surface area contributed by atoms with Gasteiger partial charge >= 0.3 is 0 Å². The van der Waals surface area contributed by atoms with Crippen LogP contribution < -0.4 is 14.8 Å². The average Bonchev–Trinajstić information content (AvgIpc) is 2.58. The summed E-state index contributed by atoms with van der Waals surface area (Å²) in [6.07, 6.45) is 0. The van der Waals surface area contributed by atoms with E-state index in [-0.39, 0.29) is 18.9 Å². The van der Waals surface area contributed by atoms with Crippen molar-refractivity contribution in [2.45, 2.75) is 0 Å². The molecule has 0 radical (unpaired) electrons. The molecule has 5 nitrogen and oxygen atoms in total. The molecule has 0 saturated heterocycles. The first-order chi connectivity index (χ1) is 11.1. The summed E-state index contributed by atoms with van der Waals surface area (Å²) in [5.41, 5.74) is 0.448. The second-order valence-corrected chi connectivity index (χ2v) is 5.09. The van der Waals surface area contributed by atoms with Crippen molar-refractivity contribution in [2.24, 2.45) is 0 Å². The number of carbonyl (C=O) groups excluding carboxylic acids is 2. The van der Waals surface area contributed by atoms with Crippen molar-refractivity contribution in [3.05, 3.63) is 59.1 Å². The molecule has 2 rings (SSSR count). The lowest BCUT2D eigenvalue weighted by molar-refractivity contribution is -0.122. The van der Waals surface area contributed by atoms with Gasteiger partial charge in [-0.15, -0.1) is 0 Å². The second-order valence-electron chi connectivity index (χ2n) is 4.65. The maximum absolute atomic E-state index is 11.9. The lowest BCUT2D eigenvalue weighted by atomic mass is 10.1. The summed E-state index contributed by atoms with van der Waals surface area (Å²) < 4.78 is 10.5. The Morgan fingerprint density at radius 2 is 1.83 bits per heavy atom. The quantitative estimate of drug-likeness (QED) is 0.791. The van der Waals surface area contributed by atoms with E-state index in [4.69, 9.17) is 21.1 Å². The Hall–Kier alpha value is -2.53. The predicted molar refractivity (Wildman–Crippen MR) is 87.3 cm³/mol. The zero-order valence-electron chi connectivity index (χ0n) is 12.5. The number of benzene rings is 2. The van der Waals surface area contributed by atoms with Gasteiger partial charge in [0.2, 0.25) is 0 Å². The van der Waals surface area contributed by atoms with Crippen molar-refractivity contribution in [1.82, 2.24) is 5.32 Å². The molecule has 1 N–H and O–H groups in total. The molecule has 0 aromatic heterocycles. The molecule has 0 heterocycles. The van der Waals surface area contributed by atoms with Crippen LogP contribution in [0.5, 0.6) is 11.5 Å². The van der Waals surface area contributed by atoms with Gasteiger partial charge in [-0.3, -0.25) is 9.59 Å². The number of hydrogen-bond donors (Lipinski definition) is 1. The van der Waals surface area contributed by atoms with Gasteiger partial charge in [-0.25, -0.2) is 0 Å². The summed E-state index contributed by atoms with van der Waals surface area (Å²) in [5, 5.41) is 2.98. The van der Waals surface area contributed by atoms with Crippen LogP contribution in [0.15, 0.2) is 48.5 Å². The average molecular weight is 334 g/mol. The van der Waals surface area contributed by atoms with E-state index in [0.29, 0.717) is 22.1 Å². The summed E-state index contributed by atoms with van der Waals surface area (Å²) in [5.74, 6) is 0.381. The molecule has 0 fully saturated rings. The minimum atomic E-state index is -0.397. The Kier molecular flexibility index (Phi) is 6.00. The number of amides is 1. The van der Waals surface area contributed by atoms with Crippen LogP contribution in [0, 0.1) is 0 Å². The molecule has 0 atom stereocenters. The van der Waals surface area contributed by atoms with E-state index in [1.165, 1.54) is 7.11 Å². The molecule has 0 aliphatic carbocycles. The van der Waals surface area contributed by atoms with Crippen molar-refractivity contribution >= 4 is 23.3 Å². The van der Waals surface area contributed by atoms with E-state index >= 15 is 0 Å². The Labute approximate surface area is 139 Å². The monoisotopic (exact) mass is 333 g/mol. The highest BCUT2D eigenvalue weighted by molar-refractivity contribution is 6.31. The number of carbonyl (C=O) groups is 2. The number of ketones is 1. The number of methoxy groups -OCH3 is 1. The van der Waals surface area contributed by atoms with Crippen LogP contribution in [0.3, 0.4) is 0 Å². The standard InChI is InChI=1S/C17H16ClNO4/c1-22-15-7-2-3-8-16(15)23-11-17(21)19-10-14(20)12-5-4-6-13(18)9-12/h2-9H,10-11H2,1H3,(H,19,21). The molecule has 0 spiro atoms. The maximum Gasteiger partial charge on any atom is 0.258 e. The van der Waals surface area contributed by atoms with Gasteiger partial charge in [-0.1, -0.05) is 35.9 Å². The van der Waals surface area contributed by atoms with Crippen molar-refractivity contribution in [1.29, 1.82) is 0 Å². The topological polar surface area (TPSA) is 64.6 Å². The lowest BCUT2D eigenvalue weighted by Gasteiger charge is -2.10. The Balaban J connectivity index is 1.82. The fraction of sp³-hybridized carbons (Fsp3) is 0.176. The van der Waals surface area contributed by atoms with Crippen molar-refractivity contribution in [3.8, 4) is 11.5 Å². The second kappa shape index (κ2) is 8.19. The van der Waals surface area contributed by atoms with E-state index in [1.807, 2.05) is 0 Å². The van der Waals surface area contributed by atoms with Gasteiger partial charge in [-0.05, 0) is 24.3 Å². The number of para-hydroxylation sites is 2. The summed E-state index contributed by atoms with van der Waals surface area (Å²) >= 11 is 5.83. The third-order valence-electron chi connectivity index (χ3n) is 3.02. The third-order valence-corrected chi connectivity index (χ3v) is 3.26. The van der Waals surface area contributed by atoms with E-state index in [1.54, 1.807) is 48.5 Å². The molecule has 1 amide bonds. The molecule has 0 saturated carbocycles. The molecular weight excluding hydrogens is 318 g/mol.